The van der Waals surface area contributed by atoms with Crippen molar-refractivity contribution in [2.75, 3.05) is 39.1 Å². The zero-order valence-corrected chi connectivity index (χ0v) is 10.0. The van der Waals surface area contributed by atoms with Gasteiger partial charge in [0.2, 0.25) is 10.0 Å². The summed E-state index contributed by atoms with van der Waals surface area (Å²) in [5.41, 5.74) is 5.31. The molecular formula is C9H20N2O3S. The highest BCUT2D eigenvalue weighted by atomic mass is 32.2. The van der Waals surface area contributed by atoms with Gasteiger partial charge in [-0.1, -0.05) is 0 Å². The lowest BCUT2D eigenvalue weighted by Gasteiger charge is -2.16. The first-order chi connectivity index (χ1) is 7.10. The van der Waals surface area contributed by atoms with Gasteiger partial charge in [-0.3, -0.25) is 0 Å². The molecule has 2 N–H and O–H groups in total. The lowest BCUT2D eigenvalue weighted by Crippen LogP contribution is -2.32. The largest absolute Gasteiger partial charge is 0.384 e. The Morgan fingerprint density at radius 3 is 2.87 bits per heavy atom. The van der Waals surface area contributed by atoms with E-state index in [2.05, 4.69) is 0 Å². The Bertz CT molecular complexity index is 279. The molecule has 1 fully saturated rings. The Morgan fingerprint density at radius 2 is 2.27 bits per heavy atom. The molecule has 0 aromatic rings. The van der Waals surface area contributed by atoms with Crippen molar-refractivity contribution in [3.63, 3.8) is 0 Å². The molecule has 0 aromatic heterocycles. The maximum Gasteiger partial charge on any atom is 0.214 e. The fourth-order valence-corrected chi connectivity index (χ4v) is 3.43. The number of methoxy groups -OCH3 is 1. The average molecular weight is 236 g/mol. The Balaban J connectivity index is 2.45. The van der Waals surface area contributed by atoms with Crippen LogP contribution in [0.1, 0.15) is 12.8 Å². The molecule has 1 heterocycles. The van der Waals surface area contributed by atoms with Crippen molar-refractivity contribution in [1.82, 2.24) is 4.31 Å². The van der Waals surface area contributed by atoms with Gasteiger partial charge in [0.1, 0.15) is 0 Å². The molecule has 5 nitrogen and oxygen atoms in total. The van der Waals surface area contributed by atoms with Crippen LogP contribution < -0.4 is 5.73 Å². The van der Waals surface area contributed by atoms with E-state index in [-0.39, 0.29) is 5.75 Å². The van der Waals surface area contributed by atoms with Crippen molar-refractivity contribution in [1.29, 1.82) is 0 Å². The van der Waals surface area contributed by atoms with Crippen LogP contribution in [0.15, 0.2) is 0 Å². The molecule has 1 saturated heterocycles. The average Bonchev–Trinajstić information content (AvgIpc) is 2.65. The van der Waals surface area contributed by atoms with Crippen LogP contribution in [0.4, 0.5) is 0 Å². The fraction of sp³-hybridized carbons (Fsp3) is 1.00. The van der Waals surface area contributed by atoms with Crippen LogP contribution >= 0.6 is 0 Å². The molecule has 1 atom stereocenters. The quantitative estimate of drug-likeness (QED) is 0.683. The van der Waals surface area contributed by atoms with Gasteiger partial charge in [0.25, 0.3) is 0 Å². The highest BCUT2D eigenvalue weighted by Crippen LogP contribution is 2.19. The normalized spacial score (nSPS) is 23.5. The summed E-state index contributed by atoms with van der Waals surface area (Å²) in [5.74, 6) is 0.520. The van der Waals surface area contributed by atoms with Crippen molar-refractivity contribution in [2.45, 2.75) is 12.8 Å². The second kappa shape index (κ2) is 5.79. The van der Waals surface area contributed by atoms with E-state index >= 15 is 0 Å². The van der Waals surface area contributed by atoms with Crippen molar-refractivity contribution in [3.05, 3.63) is 0 Å². The van der Waals surface area contributed by atoms with Crippen molar-refractivity contribution in [3.8, 4) is 0 Å². The molecule has 0 spiro atoms. The second-order valence-corrected chi connectivity index (χ2v) is 6.01. The zero-order chi connectivity index (χ0) is 11.3. The van der Waals surface area contributed by atoms with Gasteiger partial charge in [-0.2, -0.15) is 0 Å². The third-order valence-corrected chi connectivity index (χ3v) is 4.57. The number of hydrogen-bond acceptors (Lipinski definition) is 4. The smallest absolute Gasteiger partial charge is 0.214 e. The SMILES string of the molecule is COCC1CCN(S(=O)(=O)CCCN)C1. The fourth-order valence-electron chi connectivity index (χ4n) is 1.82. The number of nitrogens with two attached hydrogens (primary N) is 1. The summed E-state index contributed by atoms with van der Waals surface area (Å²) in [6.45, 7) is 2.29. The molecule has 0 radical (unpaired) electrons. The van der Waals surface area contributed by atoms with E-state index in [0.29, 0.717) is 38.6 Å². The first kappa shape index (κ1) is 12.9. The molecule has 0 aromatic carbocycles. The van der Waals surface area contributed by atoms with Gasteiger partial charge >= 0.3 is 0 Å². The lowest BCUT2D eigenvalue weighted by atomic mass is 10.1. The molecule has 0 saturated carbocycles. The molecule has 1 unspecified atom stereocenters. The Kier molecular flexibility index (Phi) is 4.98. The maximum atomic E-state index is 11.8. The summed E-state index contributed by atoms with van der Waals surface area (Å²) in [6.07, 6.45) is 1.43. The van der Waals surface area contributed by atoms with E-state index in [9.17, 15) is 8.42 Å². The van der Waals surface area contributed by atoms with Crippen molar-refractivity contribution < 1.29 is 13.2 Å². The summed E-state index contributed by atoms with van der Waals surface area (Å²) in [6, 6.07) is 0. The van der Waals surface area contributed by atoms with Gasteiger partial charge in [-0.15, -0.1) is 0 Å². The predicted octanol–water partition coefficient (Wildman–Crippen LogP) is -0.367. The minimum atomic E-state index is -3.08. The van der Waals surface area contributed by atoms with E-state index in [1.54, 1.807) is 11.4 Å². The first-order valence-electron chi connectivity index (χ1n) is 5.27. The molecule has 0 bridgehead atoms. The van der Waals surface area contributed by atoms with Crippen molar-refractivity contribution in [2.24, 2.45) is 11.7 Å². The third-order valence-electron chi connectivity index (χ3n) is 2.65. The topological polar surface area (TPSA) is 72.6 Å². The molecule has 0 aliphatic carbocycles. The summed E-state index contributed by atoms with van der Waals surface area (Å²) >= 11 is 0. The summed E-state index contributed by atoms with van der Waals surface area (Å²) < 4.78 is 30.1. The van der Waals surface area contributed by atoms with Gasteiger partial charge in [-0.25, -0.2) is 12.7 Å². The maximum absolute atomic E-state index is 11.8. The molecule has 1 aliphatic heterocycles. The van der Waals surface area contributed by atoms with Crippen LogP contribution in [0.25, 0.3) is 0 Å². The zero-order valence-electron chi connectivity index (χ0n) is 9.18. The highest BCUT2D eigenvalue weighted by molar-refractivity contribution is 7.89. The number of ether oxygens (including phenoxy) is 1. The lowest BCUT2D eigenvalue weighted by molar-refractivity contribution is 0.157. The van der Waals surface area contributed by atoms with Gasteiger partial charge in [-0.05, 0) is 25.3 Å². The van der Waals surface area contributed by atoms with Crippen LogP contribution in [-0.4, -0.2) is 51.8 Å². The second-order valence-electron chi connectivity index (χ2n) is 3.93. The van der Waals surface area contributed by atoms with E-state index in [1.807, 2.05) is 0 Å². The first-order valence-corrected chi connectivity index (χ1v) is 6.88. The van der Waals surface area contributed by atoms with Crippen LogP contribution in [0.2, 0.25) is 0 Å². The van der Waals surface area contributed by atoms with Crippen LogP contribution in [0.3, 0.4) is 0 Å². The van der Waals surface area contributed by atoms with E-state index in [1.165, 1.54) is 0 Å². The van der Waals surface area contributed by atoms with E-state index in [0.717, 1.165) is 6.42 Å². The molecule has 0 amide bonds. The number of rotatable bonds is 6. The molecule has 6 heteroatoms. The van der Waals surface area contributed by atoms with Crippen LogP contribution in [-0.2, 0) is 14.8 Å². The Hall–Kier alpha value is -0.170. The van der Waals surface area contributed by atoms with Crippen LogP contribution in [0.5, 0.6) is 0 Å². The Labute approximate surface area is 91.6 Å². The minimum absolute atomic E-state index is 0.170. The van der Waals surface area contributed by atoms with Gasteiger partial charge in [0.15, 0.2) is 0 Å². The molecule has 15 heavy (non-hydrogen) atoms. The monoisotopic (exact) mass is 236 g/mol. The summed E-state index contributed by atoms with van der Waals surface area (Å²) in [7, 11) is -1.43. The number of nitrogens with zero attached hydrogens (tertiary/aromatic N) is 1. The molecular weight excluding hydrogens is 216 g/mol. The molecule has 1 aliphatic rings. The molecule has 1 rings (SSSR count). The van der Waals surface area contributed by atoms with E-state index < -0.39 is 10.0 Å². The third kappa shape index (κ3) is 3.71. The molecule has 90 valence electrons. The summed E-state index contributed by atoms with van der Waals surface area (Å²) in [5, 5.41) is 0. The van der Waals surface area contributed by atoms with E-state index in [4.69, 9.17) is 10.5 Å². The summed E-state index contributed by atoms with van der Waals surface area (Å²) in [4.78, 5) is 0. The highest BCUT2D eigenvalue weighted by Gasteiger charge is 2.30. The Morgan fingerprint density at radius 1 is 1.53 bits per heavy atom. The van der Waals surface area contributed by atoms with Gasteiger partial charge in [0.05, 0.1) is 12.4 Å². The number of hydrogen-bond donors (Lipinski definition) is 1. The minimum Gasteiger partial charge on any atom is -0.384 e. The standard InChI is InChI=1S/C9H20N2O3S/c1-14-8-9-3-5-11(7-9)15(12,13)6-2-4-10/h9H,2-8,10H2,1H3. The number of sulfonamides is 1. The van der Waals surface area contributed by atoms with Crippen LogP contribution in [0, 0.1) is 5.92 Å². The predicted molar refractivity (Wildman–Crippen MR) is 59.0 cm³/mol. The van der Waals surface area contributed by atoms with Gasteiger partial charge < -0.3 is 10.5 Å². The van der Waals surface area contributed by atoms with Gasteiger partial charge in [0, 0.05) is 20.2 Å². The van der Waals surface area contributed by atoms with Crippen molar-refractivity contribution >= 4 is 10.0 Å².